The van der Waals surface area contributed by atoms with Gasteiger partial charge in [0.25, 0.3) is 0 Å². The van der Waals surface area contributed by atoms with Crippen molar-refractivity contribution >= 4 is 58.0 Å². The Labute approximate surface area is 177 Å². The second kappa shape index (κ2) is 10.4. The molecule has 0 saturated heterocycles. The van der Waals surface area contributed by atoms with E-state index in [0.717, 1.165) is 26.9 Å². The molecule has 3 aromatic rings. The summed E-state index contributed by atoms with van der Waals surface area (Å²) in [5.41, 5.74) is 2.88. The Balaban J connectivity index is 1.52. The molecule has 0 radical (unpaired) electrons. The van der Waals surface area contributed by atoms with Crippen LogP contribution in [-0.4, -0.2) is 17.6 Å². The Kier molecular flexibility index (Phi) is 7.59. The fraction of sp³-hybridized carbons (Fsp3) is 0.143. The van der Waals surface area contributed by atoms with E-state index in [0.29, 0.717) is 5.75 Å². The van der Waals surface area contributed by atoms with Gasteiger partial charge in [-0.05, 0) is 58.8 Å². The number of nitrogens with one attached hydrogen (secondary N) is 2. The monoisotopic (exact) mass is 428 g/mol. The molecule has 0 bridgehead atoms. The molecule has 0 unspecified atom stereocenters. The van der Waals surface area contributed by atoms with Crippen LogP contribution in [0.4, 0.5) is 11.4 Å². The van der Waals surface area contributed by atoms with Gasteiger partial charge in [0.1, 0.15) is 0 Å². The van der Waals surface area contributed by atoms with Crippen LogP contribution in [0.3, 0.4) is 0 Å². The highest BCUT2D eigenvalue weighted by Gasteiger charge is 2.08. The quantitative estimate of drug-likeness (QED) is 0.450. The number of amides is 2. The van der Waals surface area contributed by atoms with Crippen LogP contribution in [-0.2, 0) is 15.3 Å². The SMILES string of the molecule is CC(=O)Nc1ccc(SCC(=O)Nc2ccccc2SCc2ccsc2)cc1. The van der Waals surface area contributed by atoms with E-state index in [1.807, 2.05) is 48.5 Å². The highest BCUT2D eigenvalue weighted by atomic mass is 32.2. The Morgan fingerprint density at radius 3 is 2.46 bits per heavy atom. The molecule has 0 fully saturated rings. The molecule has 7 heteroatoms. The maximum atomic E-state index is 12.4. The Bertz CT molecular complexity index is 925. The fourth-order valence-electron chi connectivity index (χ4n) is 2.40. The number of carbonyl (C=O) groups is 2. The minimum Gasteiger partial charge on any atom is -0.326 e. The number of anilines is 2. The number of hydrogen-bond donors (Lipinski definition) is 2. The molecular weight excluding hydrogens is 408 g/mol. The Hall–Kier alpha value is -2.22. The number of rotatable bonds is 8. The molecule has 0 spiro atoms. The summed E-state index contributed by atoms with van der Waals surface area (Å²) in [6.45, 7) is 1.48. The highest BCUT2D eigenvalue weighted by molar-refractivity contribution is 8.00. The lowest BCUT2D eigenvalue weighted by Crippen LogP contribution is -2.14. The molecule has 144 valence electrons. The van der Waals surface area contributed by atoms with Crippen molar-refractivity contribution in [2.45, 2.75) is 22.5 Å². The highest BCUT2D eigenvalue weighted by Crippen LogP contribution is 2.30. The first-order valence-electron chi connectivity index (χ1n) is 8.63. The van der Waals surface area contributed by atoms with Crippen LogP contribution in [0.1, 0.15) is 12.5 Å². The summed E-state index contributed by atoms with van der Waals surface area (Å²) in [5.74, 6) is 1.06. The van der Waals surface area contributed by atoms with Crippen molar-refractivity contribution in [2.75, 3.05) is 16.4 Å². The standard InChI is InChI=1S/C21H20N2O2S3/c1-15(24)22-17-6-8-18(9-7-17)27-14-21(25)23-19-4-2-3-5-20(19)28-13-16-10-11-26-12-16/h2-12H,13-14H2,1H3,(H,22,24)(H,23,25). The smallest absolute Gasteiger partial charge is 0.234 e. The van der Waals surface area contributed by atoms with Crippen molar-refractivity contribution in [3.05, 3.63) is 70.9 Å². The van der Waals surface area contributed by atoms with Crippen LogP contribution in [0.2, 0.25) is 0 Å². The molecule has 0 saturated carbocycles. The predicted octanol–water partition coefficient (Wildman–Crippen LogP) is 5.73. The van der Waals surface area contributed by atoms with E-state index in [2.05, 4.69) is 27.5 Å². The first-order valence-corrected chi connectivity index (χ1v) is 11.5. The minimum atomic E-state index is -0.102. The van der Waals surface area contributed by atoms with Crippen LogP contribution in [0.15, 0.2) is 75.1 Å². The lowest BCUT2D eigenvalue weighted by molar-refractivity contribution is -0.114. The molecule has 2 amide bonds. The largest absolute Gasteiger partial charge is 0.326 e. The number of thioether (sulfide) groups is 2. The van der Waals surface area contributed by atoms with E-state index in [1.54, 1.807) is 23.1 Å². The van der Waals surface area contributed by atoms with Gasteiger partial charge in [-0.1, -0.05) is 12.1 Å². The zero-order chi connectivity index (χ0) is 19.8. The third-order valence-electron chi connectivity index (χ3n) is 3.68. The van der Waals surface area contributed by atoms with Crippen LogP contribution in [0.5, 0.6) is 0 Å². The number of para-hydroxylation sites is 1. The van der Waals surface area contributed by atoms with Gasteiger partial charge in [-0.2, -0.15) is 11.3 Å². The zero-order valence-electron chi connectivity index (χ0n) is 15.3. The van der Waals surface area contributed by atoms with E-state index in [4.69, 9.17) is 0 Å². The Morgan fingerprint density at radius 1 is 0.964 bits per heavy atom. The summed E-state index contributed by atoms with van der Waals surface area (Å²) >= 11 is 4.87. The van der Waals surface area contributed by atoms with Crippen LogP contribution in [0, 0.1) is 0 Å². The number of carbonyl (C=O) groups excluding carboxylic acids is 2. The lowest BCUT2D eigenvalue weighted by atomic mass is 10.3. The van der Waals surface area contributed by atoms with Gasteiger partial charge >= 0.3 is 0 Å². The average Bonchev–Trinajstić information content (AvgIpc) is 3.20. The molecule has 4 nitrogen and oxygen atoms in total. The molecule has 28 heavy (non-hydrogen) atoms. The van der Waals surface area contributed by atoms with Crippen LogP contribution >= 0.6 is 34.9 Å². The molecular formula is C21H20N2O2S3. The van der Waals surface area contributed by atoms with Crippen molar-refractivity contribution in [2.24, 2.45) is 0 Å². The van der Waals surface area contributed by atoms with Gasteiger partial charge in [0.2, 0.25) is 11.8 Å². The van der Waals surface area contributed by atoms with E-state index in [9.17, 15) is 9.59 Å². The maximum Gasteiger partial charge on any atom is 0.234 e. The van der Waals surface area contributed by atoms with Crippen LogP contribution in [0.25, 0.3) is 0 Å². The van der Waals surface area contributed by atoms with Gasteiger partial charge in [-0.25, -0.2) is 0 Å². The maximum absolute atomic E-state index is 12.4. The first kappa shape index (κ1) is 20.5. The van der Waals surface area contributed by atoms with Gasteiger partial charge in [0.15, 0.2) is 0 Å². The van der Waals surface area contributed by atoms with Crippen molar-refractivity contribution < 1.29 is 9.59 Å². The molecule has 1 heterocycles. The summed E-state index contributed by atoms with van der Waals surface area (Å²) in [7, 11) is 0. The second-order valence-corrected chi connectivity index (χ2v) is 8.80. The van der Waals surface area contributed by atoms with Gasteiger partial charge in [0.05, 0.1) is 11.4 Å². The summed E-state index contributed by atoms with van der Waals surface area (Å²) in [4.78, 5) is 25.5. The average molecular weight is 429 g/mol. The third-order valence-corrected chi connectivity index (χ3v) is 6.57. The van der Waals surface area contributed by atoms with Crippen molar-refractivity contribution in [1.29, 1.82) is 0 Å². The molecule has 0 aliphatic rings. The molecule has 2 aromatic carbocycles. The number of thiophene rings is 1. The second-order valence-electron chi connectivity index (χ2n) is 5.96. The molecule has 0 aliphatic heterocycles. The van der Waals surface area contributed by atoms with E-state index in [-0.39, 0.29) is 11.8 Å². The first-order chi connectivity index (χ1) is 13.6. The van der Waals surface area contributed by atoms with Crippen molar-refractivity contribution in [1.82, 2.24) is 0 Å². The number of hydrogen-bond acceptors (Lipinski definition) is 5. The number of benzene rings is 2. The molecule has 2 N–H and O–H groups in total. The fourth-order valence-corrected chi connectivity index (χ4v) is 4.83. The molecule has 1 aromatic heterocycles. The molecule has 0 aliphatic carbocycles. The third kappa shape index (κ3) is 6.44. The summed E-state index contributed by atoms with van der Waals surface area (Å²) < 4.78 is 0. The molecule has 3 rings (SSSR count). The van der Waals surface area contributed by atoms with E-state index >= 15 is 0 Å². The lowest BCUT2D eigenvalue weighted by Gasteiger charge is -2.10. The van der Waals surface area contributed by atoms with E-state index < -0.39 is 0 Å². The molecule has 0 atom stereocenters. The Morgan fingerprint density at radius 2 is 1.75 bits per heavy atom. The van der Waals surface area contributed by atoms with Gasteiger partial charge in [-0.3, -0.25) is 9.59 Å². The summed E-state index contributed by atoms with van der Waals surface area (Å²) in [6.07, 6.45) is 0. The van der Waals surface area contributed by atoms with Gasteiger partial charge in [-0.15, -0.1) is 23.5 Å². The zero-order valence-corrected chi connectivity index (χ0v) is 17.8. The van der Waals surface area contributed by atoms with Gasteiger partial charge in [0, 0.05) is 28.2 Å². The summed E-state index contributed by atoms with van der Waals surface area (Å²) in [5, 5.41) is 9.96. The topological polar surface area (TPSA) is 58.2 Å². The van der Waals surface area contributed by atoms with Crippen LogP contribution < -0.4 is 10.6 Å². The minimum absolute atomic E-state index is 0.0421. The normalized spacial score (nSPS) is 10.5. The predicted molar refractivity (Wildman–Crippen MR) is 120 cm³/mol. The van der Waals surface area contributed by atoms with E-state index in [1.165, 1.54) is 24.2 Å². The van der Waals surface area contributed by atoms with Crippen molar-refractivity contribution in [3.63, 3.8) is 0 Å². The summed E-state index contributed by atoms with van der Waals surface area (Å²) in [6, 6.07) is 17.4. The van der Waals surface area contributed by atoms with Crippen molar-refractivity contribution in [3.8, 4) is 0 Å². The van der Waals surface area contributed by atoms with Gasteiger partial charge < -0.3 is 10.6 Å².